The topological polar surface area (TPSA) is 81.8 Å². The highest BCUT2D eigenvalue weighted by atomic mass is 35.5. The Bertz CT molecular complexity index is 963. The van der Waals surface area contributed by atoms with Gasteiger partial charge in [0.2, 0.25) is 0 Å². The summed E-state index contributed by atoms with van der Waals surface area (Å²) in [6, 6.07) is 8.80. The first kappa shape index (κ1) is 22.5. The van der Waals surface area contributed by atoms with Gasteiger partial charge < -0.3 is 14.9 Å². The molecule has 9 heteroatoms. The summed E-state index contributed by atoms with van der Waals surface area (Å²) in [5.41, 5.74) is 1.20. The lowest BCUT2D eigenvalue weighted by Crippen LogP contribution is -3.05. The van der Waals surface area contributed by atoms with Gasteiger partial charge in [-0.1, -0.05) is 41.4 Å². The molecule has 0 radical (unpaired) electrons. The predicted octanol–water partition coefficient (Wildman–Crippen LogP) is 2.96. The molecule has 6 nitrogen and oxygen atoms in total. The molecule has 0 atom stereocenters. The molecule has 0 spiro atoms. The Morgan fingerprint density at radius 1 is 1.11 bits per heavy atom. The number of sulfonamides is 1. The lowest BCUT2D eigenvalue weighted by Gasteiger charge is -2.23. The molecule has 2 aromatic rings. The Morgan fingerprint density at radius 2 is 1.82 bits per heavy atom. The molecular weight excluding hydrogens is 421 g/mol. The third-order valence-electron chi connectivity index (χ3n) is 3.99. The SMILES string of the molecule is Cc1ccc([N-]S(=O)(=O)c2cc(C(=O)NCCC[NH+](C)C)ccc2Cl)cc1Cl. The van der Waals surface area contributed by atoms with Crippen LogP contribution in [0.25, 0.3) is 4.72 Å². The summed E-state index contributed by atoms with van der Waals surface area (Å²) in [5, 5.41) is 3.18. The van der Waals surface area contributed by atoms with Gasteiger partial charge in [-0.05, 0) is 30.7 Å². The normalized spacial score (nSPS) is 11.5. The molecule has 0 aliphatic carbocycles. The molecule has 0 saturated carbocycles. The number of halogens is 2. The van der Waals surface area contributed by atoms with Gasteiger partial charge in [0.1, 0.15) is 10.0 Å². The minimum absolute atomic E-state index is 0.00489. The lowest BCUT2D eigenvalue weighted by atomic mass is 10.2. The largest absolute Gasteiger partial charge is 0.573 e. The number of rotatable bonds is 8. The number of hydrogen-bond donors (Lipinski definition) is 2. The van der Waals surface area contributed by atoms with Crippen molar-refractivity contribution in [2.75, 3.05) is 27.2 Å². The van der Waals surface area contributed by atoms with Gasteiger partial charge in [-0.2, -0.15) is 0 Å². The Hall–Kier alpha value is -1.80. The second-order valence-electron chi connectivity index (χ2n) is 6.71. The minimum atomic E-state index is -4.11. The van der Waals surface area contributed by atoms with Gasteiger partial charge >= 0.3 is 0 Å². The zero-order valence-corrected chi connectivity index (χ0v) is 18.2. The summed E-state index contributed by atoms with van der Waals surface area (Å²) < 4.78 is 29.2. The van der Waals surface area contributed by atoms with Gasteiger partial charge in [0, 0.05) is 23.6 Å². The predicted molar refractivity (Wildman–Crippen MR) is 112 cm³/mol. The average molecular weight is 444 g/mol. The van der Waals surface area contributed by atoms with Crippen molar-refractivity contribution in [3.05, 3.63) is 62.3 Å². The number of aryl methyl sites for hydroxylation is 1. The molecular formula is C19H23Cl2N3O3S. The number of quaternary nitrogens is 1. The first-order chi connectivity index (χ1) is 13.1. The number of amides is 1. The summed E-state index contributed by atoms with van der Waals surface area (Å²) in [7, 11) is -0.0537. The van der Waals surface area contributed by atoms with Gasteiger partial charge in [0.05, 0.1) is 30.6 Å². The lowest BCUT2D eigenvalue weighted by molar-refractivity contribution is -0.858. The summed E-state index contributed by atoms with van der Waals surface area (Å²) in [5.74, 6) is -0.361. The minimum Gasteiger partial charge on any atom is -0.573 e. The first-order valence-corrected chi connectivity index (χ1v) is 10.9. The number of hydrogen-bond acceptors (Lipinski definition) is 3. The first-order valence-electron chi connectivity index (χ1n) is 8.71. The second kappa shape index (κ2) is 9.60. The van der Waals surface area contributed by atoms with Crippen molar-refractivity contribution >= 4 is 44.8 Å². The maximum Gasteiger partial charge on any atom is 0.251 e. The van der Waals surface area contributed by atoms with E-state index in [1.165, 1.54) is 29.2 Å². The fourth-order valence-electron chi connectivity index (χ4n) is 2.41. The van der Waals surface area contributed by atoms with Crippen LogP contribution in [-0.2, 0) is 10.0 Å². The Morgan fingerprint density at radius 3 is 2.46 bits per heavy atom. The standard InChI is InChI=1S/C19H22Cl2N3O3S/c1-13-5-7-15(12-17(13)21)23-28(26,27)18-11-14(6-8-16(18)20)19(25)22-9-4-10-24(2)3/h5-8,11-12H,4,9-10H2,1-3H3,(H,22,25)/q-1/p+1. The van der Waals surface area contributed by atoms with E-state index in [4.69, 9.17) is 23.2 Å². The monoisotopic (exact) mass is 443 g/mol. The van der Waals surface area contributed by atoms with Crippen LogP contribution in [0.1, 0.15) is 22.3 Å². The molecule has 0 unspecified atom stereocenters. The molecule has 152 valence electrons. The van der Waals surface area contributed by atoms with Gasteiger partial charge in [0.25, 0.3) is 5.91 Å². The highest BCUT2D eigenvalue weighted by Crippen LogP contribution is 2.34. The molecule has 0 aliphatic heterocycles. The van der Waals surface area contributed by atoms with E-state index in [2.05, 4.69) is 10.0 Å². The summed E-state index contributed by atoms with van der Waals surface area (Å²) >= 11 is 12.1. The van der Waals surface area contributed by atoms with Crippen LogP contribution in [-0.4, -0.2) is 41.5 Å². The molecule has 2 N–H and O–H groups in total. The number of carbonyl (C=O) groups excluding carboxylic acids is 1. The molecule has 0 fully saturated rings. The maximum atomic E-state index is 12.7. The Labute approximate surface area is 175 Å². The zero-order valence-electron chi connectivity index (χ0n) is 15.9. The fraction of sp³-hybridized carbons (Fsp3) is 0.316. The highest BCUT2D eigenvalue weighted by molar-refractivity contribution is 7.94. The Balaban J connectivity index is 2.18. The van der Waals surface area contributed by atoms with Crippen LogP contribution in [0.5, 0.6) is 0 Å². The van der Waals surface area contributed by atoms with E-state index in [-0.39, 0.29) is 27.1 Å². The zero-order chi connectivity index (χ0) is 20.9. The summed E-state index contributed by atoms with van der Waals surface area (Å²) in [6.45, 7) is 3.22. The molecule has 2 aromatic carbocycles. The van der Waals surface area contributed by atoms with E-state index in [1.54, 1.807) is 19.1 Å². The van der Waals surface area contributed by atoms with Gasteiger partial charge in [0.15, 0.2) is 0 Å². The van der Waals surface area contributed by atoms with Gasteiger partial charge in [-0.25, -0.2) is 8.42 Å². The van der Waals surface area contributed by atoms with Crippen molar-refractivity contribution in [1.29, 1.82) is 0 Å². The molecule has 28 heavy (non-hydrogen) atoms. The number of benzene rings is 2. The summed E-state index contributed by atoms with van der Waals surface area (Å²) in [6.07, 6.45) is 0.816. The van der Waals surface area contributed by atoms with Crippen molar-refractivity contribution in [3.63, 3.8) is 0 Å². The third kappa shape index (κ3) is 6.10. The van der Waals surface area contributed by atoms with Crippen LogP contribution in [0.15, 0.2) is 41.3 Å². The highest BCUT2D eigenvalue weighted by Gasteiger charge is 2.15. The van der Waals surface area contributed by atoms with E-state index in [9.17, 15) is 13.2 Å². The average Bonchev–Trinajstić information content (AvgIpc) is 2.61. The molecule has 2 rings (SSSR count). The van der Waals surface area contributed by atoms with E-state index >= 15 is 0 Å². The van der Waals surface area contributed by atoms with Crippen molar-refractivity contribution < 1.29 is 18.1 Å². The quantitative estimate of drug-likeness (QED) is 0.615. The second-order valence-corrected chi connectivity index (χ2v) is 9.10. The van der Waals surface area contributed by atoms with Crippen molar-refractivity contribution in [1.82, 2.24) is 5.32 Å². The molecule has 0 bridgehead atoms. The van der Waals surface area contributed by atoms with Crippen molar-refractivity contribution in [2.45, 2.75) is 18.2 Å². The number of nitrogens with one attached hydrogen (secondary N) is 2. The van der Waals surface area contributed by atoms with Crippen LogP contribution in [0.4, 0.5) is 5.69 Å². The van der Waals surface area contributed by atoms with Crippen LogP contribution < -0.4 is 10.2 Å². The van der Waals surface area contributed by atoms with Gasteiger partial charge in [-0.15, -0.1) is 5.69 Å². The van der Waals surface area contributed by atoms with E-state index in [0.717, 1.165) is 18.5 Å². The summed E-state index contributed by atoms with van der Waals surface area (Å²) in [4.78, 5) is 13.4. The maximum absolute atomic E-state index is 12.7. The number of carbonyl (C=O) groups is 1. The van der Waals surface area contributed by atoms with Crippen LogP contribution in [0.3, 0.4) is 0 Å². The van der Waals surface area contributed by atoms with Crippen LogP contribution in [0, 0.1) is 6.92 Å². The molecule has 0 aliphatic rings. The molecule has 0 aromatic heterocycles. The van der Waals surface area contributed by atoms with E-state index < -0.39 is 10.0 Å². The fourth-order valence-corrected chi connectivity index (χ4v) is 4.08. The smallest absolute Gasteiger partial charge is 0.251 e. The molecule has 1 amide bonds. The molecule has 0 heterocycles. The van der Waals surface area contributed by atoms with Crippen LogP contribution >= 0.6 is 23.2 Å². The number of nitrogens with zero attached hydrogens (tertiary/aromatic N) is 1. The van der Waals surface area contributed by atoms with Gasteiger partial charge in [-0.3, -0.25) is 4.79 Å². The van der Waals surface area contributed by atoms with Crippen LogP contribution in [0.2, 0.25) is 10.0 Å². The third-order valence-corrected chi connectivity index (χ3v) is 6.19. The Kier molecular flexibility index (Phi) is 7.71. The van der Waals surface area contributed by atoms with E-state index in [0.29, 0.717) is 11.6 Å². The van der Waals surface area contributed by atoms with Crippen molar-refractivity contribution in [3.8, 4) is 0 Å². The van der Waals surface area contributed by atoms with E-state index in [1.807, 2.05) is 14.1 Å². The van der Waals surface area contributed by atoms with Crippen molar-refractivity contribution in [2.24, 2.45) is 0 Å². The molecule has 0 saturated heterocycles.